The van der Waals surface area contributed by atoms with E-state index in [1.54, 1.807) is 6.92 Å². The molecule has 0 aromatic carbocycles. The van der Waals surface area contributed by atoms with Crippen molar-refractivity contribution in [2.24, 2.45) is 5.41 Å². The fourth-order valence-electron chi connectivity index (χ4n) is 0.980. The third kappa shape index (κ3) is 13.1. The van der Waals surface area contributed by atoms with Crippen LogP contribution in [-0.4, -0.2) is 37.0 Å². The highest BCUT2D eigenvalue weighted by molar-refractivity contribution is 5.73. The number of rotatable bonds is 0. The molecule has 1 saturated heterocycles. The van der Waals surface area contributed by atoms with Gasteiger partial charge in [-0.05, 0) is 5.41 Å². The van der Waals surface area contributed by atoms with E-state index in [1.807, 2.05) is 24.8 Å². The Kier molecular flexibility index (Phi) is 11.3. The van der Waals surface area contributed by atoms with Gasteiger partial charge in [0.05, 0.1) is 0 Å². The highest BCUT2D eigenvalue weighted by Crippen LogP contribution is 2.11. The molecule has 1 N–H and O–H groups in total. The van der Waals surface area contributed by atoms with E-state index in [2.05, 4.69) is 32.7 Å². The molecule has 17 heavy (non-hydrogen) atoms. The van der Waals surface area contributed by atoms with Gasteiger partial charge in [-0.1, -0.05) is 40.7 Å². The molecule has 1 amide bonds. The van der Waals surface area contributed by atoms with Crippen LogP contribution in [0.2, 0.25) is 0 Å². The van der Waals surface area contributed by atoms with Crippen molar-refractivity contribution in [3.63, 3.8) is 0 Å². The lowest BCUT2D eigenvalue weighted by molar-refractivity contribution is -0.129. The molecule has 3 heteroatoms. The van der Waals surface area contributed by atoms with Crippen LogP contribution in [-0.2, 0) is 4.79 Å². The molecule has 0 bridgehead atoms. The van der Waals surface area contributed by atoms with Gasteiger partial charge in [0, 0.05) is 33.1 Å². The topological polar surface area (TPSA) is 32.3 Å². The van der Waals surface area contributed by atoms with Gasteiger partial charge in [0.2, 0.25) is 5.91 Å². The molecule has 0 atom stereocenters. The minimum atomic E-state index is 0.191. The number of nitrogens with one attached hydrogen (secondary N) is 1. The second kappa shape index (κ2) is 10.3. The molecular weight excluding hydrogens is 212 g/mol. The molecule has 0 aromatic heterocycles. The molecule has 0 aromatic rings. The van der Waals surface area contributed by atoms with Crippen LogP contribution in [0.3, 0.4) is 0 Å². The SMILES string of the molecule is C=CC(C)(C)C.CC.CC(=O)N1CCNCC1. The van der Waals surface area contributed by atoms with E-state index in [9.17, 15) is 4.79 Å². The Labute approximate surface area is 107 Å². The zero-order valence-electron chi connectivity index (χ0n) is 12.5. The first kappa shape index (κ1) is 18.5. The Morgan fingerprint density at radius 1 is 1.24 bits per heavy atom. The van der Waals surface area contributed by atoms with Gasteiger partial charge in [-0.25, -0.2) is 0 Å². The second-order valence-electron chi connectivity index (χ2n) is 4.83. The highest BCUT2D eigenvalue weighted by atomic mass is 16.2. The fourth-order valence-corrected chi connectivity index (χ4v) is 0.980. The average Bonchev–Trinajstić information content (AvgIpc) is 2.33. The van der Waals surface area contributed by atoms with Gasteiger partial charge in [0.25, 0.3) is 0 Å². The van der Waals surface area contributed by atoms with E-state index < -0.39 is 0 Å². The van der Waals surface area contributed by atoms with Crippen molar-refractivity contribution in [2.45, 2.75) is 41.5 Å². The largest absolute Gasteiger partial charge is 0.340 e. The molecule has 0 aliphatic carbocycles. The van der Waals surface area contributed by atoms with Crippen LogP contribution in [0.1, 0.15) is 41.5 Å². The Morgan fingerprint density at radius 2 is 1.59 bits per heavy atom. The number of nitrogens with zero attached hydrogens (tertiary/aromatic N) is 1. The molecule has 0 saturated carbocycles. The van der Waals surface area contributed by atoms with Crippen molar-refractivity contribution in [2.75, 3.05) is 26.2 Å². The van der Waals surface area contributed by atoms with Crippen molar-refractivity contribution in [1.29, 1.82) is 0 Å². The average molecular weight is 242 g/mol. The number of amides is 1. The minimum Gasteiger partial charge on any atom is -0.340 e. The molecule has 102 valence electrons. The van der Waals surface area contributed by atoms with E-state index in [-0.39, 0.29) is 5.91 Å². The summed E-state index contributed by atoms with van der Waals surface area (Å²) in [6.07, 6.45) is 1.94. The predicted octanol–water partition coefficient (Wildman–Crippen LogP) is 2.68. The van der Waals surface area contributed by atoms with Crippen LogP contribution in [0.25, 0.3) is 0 Å². The zero-order chi connectivity index (χ0) is 13.9. The molecule has 1 rings (SSSR count). The third-order valence-corrected chi connectivity index (χ3v) is 2.17. The number of hydrogen-bond donors (Lipinski definition) is 1. The normalized spacial score (nSPS) is 14.8. The van der Waals surface area contributed by atoms with Crippen molar-refractivity contribution >= 4 is 5.91 Å². The Morgan fingerprint density at radius 3 is 1.76 bits per heavy atom. The predicted molar refractivity (Wildman–Crippen MR) is 76.1 cm³/mol. The quantitative estimate of drug-likeness (QED) is 0.662. The van der Waals surface area contributed by atoms with Gasteiger partial charge < -0.3 is 10.2 Å². The van der Waals surface area contributed by atoms with Crippen molar-refractivity contribution in [1.82, 2.24) is 10.2 Å². The van der Waals surface area contributed by atoms with Gasteiger partial charge in [-0.3, -0.25) is 4.79 Å². The Balaban J connectivity index is 0. The van der Waals surface area contributed by atoms with E-state index in [0.717, 1.165) is 26.2 Å². The van der Waals surface area contributed by atoms with Gasteiger partial charge in [0.15, 0.2) is 0 Å². The lowest BCUT2D eigenvalue weighted by Crippen LogP contribution is -2.45. The number of carbonyl (C=O) groups is 1. The standard InChI is InChI=1S/C6H12N2O.C6H12.C2H6/c1-6(9)8-4-2-7-3-5-8;1-5-6(2,3)4;1-2/h7H,2-5H2,1H3;5H,1H2,2-4H3;1-2H3. The molecule has 0 spiro atoms. The maximum atomic E-state index is 10.7. The third-order valence-electron chi connectivity index (χ3n) is 2.17. The first-order chi connectivity index (χ1) is 7.87. The summed E-state index contributed by atoms with van der Waals surface area (Å²) >= 11 is 0. The first-order valence-electron chi connectivity index (χ1n) is 6.46. The van der Waals surface area contributed by atoms with Crippen LogP contribution in [0.4, 0.5) is 0 Å². The van der Waals surface area contributed by atoms with Crippen LogP contribution in [0, 0.1) is 5.41 Å². The molecule has 1 aliphatic rings. The maximum Gasteiger partial charge on any atom is 0.219 e. The summed E-state index contributed by atoms with van der Waals surface area (Å²) in [5, 5.41) is 3.18. The van der Waals surface area contributed by atoms with Crippen molar-refractivity contribution < 1.29 is 4.79 Å². The lowest BCUT2D eigenvalue weighted by Gasteiger charge is -2.25. The van der Waals surface area contributed by atoms with Crippen LogP contribution in [0.5, 0.6) is 0 Å². The summed E-state index contributed by atoms with van der Waals surface area (Å²) in [6.45, 7) is 19.3. The maximum absolute atomic E-state index is 10.7. The van der Waals surface area contributed by atoms with Crippen LogP contribution < -0.4 is 5.32 Å². The number of carbonyl (C=O) groups excluding carboxylic acids is 1. The summed E-state index contributed by atoms with van der Waals surface area (Å²) in [7, 11) is 0. The van der Waals surface area contributed by atoms with Gasteiger partial charge in [0.1, 0.15) is 0 Å². The van der Waals surface area contributed by atoms with Crippen molar-refractivity contribution in [3.05, 3.63) is 12.7 Å². The summed E-state index contributed by atoms with van der Waals surface area (Å²) < 4.78 is 0. The zero-order valence-corrected chi connectivity index (χ0v) is 12.5. The minimum absolute atomic E-state index is 0.191. The van der Waals surface area contributed by atoms with E-state index in [4.69, 9.17) is 0 Å². The summed E-state index contributed by atoms with van der Waals surface area (Å²) in [4.78, 5) is 12.6. The smallest absolute Gasteiger partial charge is 0.219 e. The molecule has 1 fully saturated rings. The van der Waals surface area contributed by atoms with Gasteiger partial charge >= 0.3 is 0 Å². The van der Waals surface area contributed by atoms with E-state index in [0.29, 0.717) is 5.41 Å². The summed E-state index contributed by atoms with van der Waals surface area (Å²) in [5.74, 6) is 0.191. The molecule has 1 aliphatic heterocycles. The number of piperazine rings is 1. The molecule has 3 nitrogen and oxygen atoms in total. The Bertz CT molecular complexity index is 201. The van der Waals surface area contributed by atoms with E-state index in [1.165, 1.54) is 0 Å². The van der Waals surface area contributed by atoms with Crippen LogP contribution >= 0.6 is 0 Å². The summed E-state index contributed by atoms with van der Waals surface area (Å²) in [6, 6.07) is 0. The second-order valence-corrected chi connectivity index (χ2v) is 4.83. The van der Waals surface area contributed by atoms with Crippen LogP contribution in [0.15, 0.2) is 12.7 Å². The molecule has 0 unspecified atom stereocenters. The molecule has 1 heterocycles. The van der Waals surface area contributed by atoms with E-state index >= 15 is 0 Å². The lowest BCUT2D eigenvalue weighted by atomic mass is 9.98. The first-order valence-corrected chi connectivity index (χ1v) is 6.46. The fraction of sp³-hybridized carbons (Fsp3) is 0.786. The summed E-state index contributed by atoms with van der Waals surface area (Å²) in [5.41, 5.74) is 0.306. The van der Waals surface area contributed by atoms with Crippen molar-refractivity contribution in [3.8, 4) is 0 Å². The number of hydrogen-bond acceptors (Lipinski definition) is 2. The highest BCUT2D eigenvalue weighted by Gasteiger charge is 2.10. The van der Waals surface area contributed by atoms with Gasteiger partial charge in [-0.2, -0.15) is 0 Å². The Hall–Kier alpha value is -0.830. The van der Waals surface area contributed by atoms with Gasteiger partial charge in [-0.15, -0.1) is 6.58 Å². The molecule has 0 radical (unpaired) electrons. The molecular formula is C14H30N2O. The monoisotopic (exact) mass is 242 g/mol. The number of allylic oxidation sites excluding steroid dienone is 1.